The fourth-order valence-electron chi connectivity index (χ4n) is 3.57. The largest absolute Gasteiger partial charge is 0.508 e. The fourth-order valence-corrected chi connectivity index (χ4v) is 3.57. The summed E-state index contributed by atoms with van der Waals surface area (Å²) in [6.07, 6.45) is 4.96. The minimum absolute atomic E-state index is 0.0543. The summed E-state index contributed by atoms with van der Waals surface area (Å²) in [5.74, 6) is -0.509. The number of rotatable bonds is 5. The van der Waals surface area contributed by atoms with Crippen LogP contribution in [-0.4, -0.2) is 27.7 Å². The Morgan fingerprint density at radius 2 is 1.70 bits per heavy atom. The van der Waals surface area contributed by atoms with E-state index in [1.807, 2.05) is 39.8 Å². The van der Waals surface area contributed by atoms with Gasteiger partial charge in [0, 0.05) is 17.2 Å². The first-order chi connectivity index (χ1) is 14.2. The number of aromatic hydroxyl groups is 3. The molecule has 2 aromatic rings. The highest BCUT2D eigenvalue weighted by Crippen LogP contribution is 2.43. The molecule has 0 saturated heterocycles. The van der Waals surface area contributed by atoms with E-state index < -0.39 is 5.92 Å². The standard InChI is InChI=1S/C25H28O5/c1-14(2)5-7-16-11-20-24(29)21(18-10-8-17(26)12-22(18)27)13-30-25(20)19(23(16)28)9-6-15(3)4/h5-6,8,10-12,21,26-28H,7,9,13H2,1-4H3. The summed E-state index contributed by atoms with van der Waals surface area (Å²) in [5.41, 5.74) is 4.31. The monoisotopic (exact) mass is 408 g/mol. The van der Waals surface area contributed by atoms with Crippen molar-refractivity contribution in [1.29, 1.82) is 0 Å². The minimum Gasteiger partial charge on any atom is -0.508 e. The third kappa shape index (κ3) is 4.35. The third-order valence-electron chi connectivity index (χ3n) is 5.24. The summed E-state index contributed by atoms with van der Waals surface area (Å²) in [4.78, 5) is 13.4. The predicted octanol–water partition coefficient (Wildman–Crippen LogP) is 5.18. The Bertz CT molecular complexity index is 1040. The highest BCUT2D eigenvalue weighted by atomic mass is 16.5. The SMILES string of the molecule is CC(C)=CCc1cc2c(c(CC=C(C)C)c1O)OCC(c1ccc(O)cc1O)C2=O. The summed E-state index contributed by atoms with van der Waals surface area (Å²) in [6.45, 7) is 7.98. The topological polar surface area (TPSA) is 87.0 Å². The van der Waals surface area contributed by atoms with Crippen LogP contribution in [-0.2, 0) is 12.8 Å². The Balaban J connectivity index is 2.11. The van der Waals surface area contributed by atoms with Crippen LogP contribution in [0.2, 0.25) is 0 Å². The molecule has 0 spiro atoms. The molecule has 3 N–H and O–H groups in total. The van der Waals surface area contributed by atoms with E-state index in [2.05, 4.69) is 0 Å². The quantitative estimate of drug-likeness (QED) is 0.594. The maximum absolute atomic E-state index is 13.4. The molecule has 1 aliphatic rings. The molecule has 30 heavy (non-hydrogen) atoms. The number of carbonyl (C=O) groups is 1. The Morgan fingerprint density at radius 1 is 1.03 bits per heavy atom. The molecule has 1 atom stereocenters. The summed E-state index contributed by atoms with van der Waals surface area (Å²) >= 11 is 0. The van der Waals surface area contributed by atoms with Crippen molar-refractivity contribution in [2.24, 2.45) is 0 Å². The molecule has 0 amide bonds. The van der Waals surface area contributed by atoms with Gasteiger partial charge in [0.25, 0.3) is 0 Å². The second kappa shape index (κ2) is 8.66. The number of hydrogen-bond acceptors (Lipinski definition) is 5. The molecule has 0 saturated carbocycles. The molecule has 1 aliphatic heterocycles. The fraction of sp³-hybridized carbons (Fsp3) is 0.320. The van der Waals surface area contributed by atoms with Crippen LogP contribution < -0.4 is 4.74 Å². The first kappa shape index (κ1) is 21.5. The van der Waals surface area contributed by atoms with Gasteiger partial charge in [0.2, 0.25) is 0 Å². The van der Waals surface area contributed by atoms with Crippen molar-refractivity contribution in [3.8, 4) is 23.0 Å². The van der Waals surface area contributed by atoms with Crippen LogP contribution in [0, 0.1) is 0 Å². The van der Waals surface area contributed by atoms with E-state index >= 15 is 0 Å². The van der Waals surface area contributed by atoms with Crippen molar-refractivity contribution in [2.45, 2.75) is 46.5 Å². The lowest BCUT2D eigenvalue weighted by Crippen LogP contribution is -2.27. The zero-order chi connectivity index (χ0) is 22.0. The molecule has 5 heteroatoms. The van der Waals surface area contributed by atoms with Gasteiger partial charge in [0.05, 0.1) is 11.5 Å². The molecule has 0 aliphatic carbocycles. The Hall–Kier alpha value is -3.21. The Kier molecular flexibility index (Phi) is 6.20. The number of allylic oxidation sites excluding steroid dienone is 4. The smallest absolute Gasteiger partial charge is 0.177 e. The van der Waals surface area contributed by atoms with Crippen molar-refractivity contribution in [3.63, 3.8) is 0 Å². The van der Waals surface area contributed by atoms with Crippen LogP contribution in [0.3, 0.4) is 0 Å². The molecule has 1 heterocycles. The number of Topliss-reactive ketones (excluding diaryl/α,β-unsaturated/α-hetero) is 1. The number of ether oxygens (including phenoxy) is 1. The van der Waals surface area contributed by atoms with Gasteiger partial charge in [-0.2, -0.15) is 0 Å². The number of fused-ring (bicyclic) bond motifs is 1. The second-order valence-electron chi connectivity index (χ2n) is 8.18. The zero-order valence-corrected chi connectivity index (χ0v) is 17.8. The lowest BCUT2D eigenvalue weighted by Gasteiger charge is -2.28. The lowest BCUT2D eigenvalue weighted by atomic mass is 9.85. The highest BCUT2D eigenvalue weighted by Gasteiger charge is 2.34. The third-order valence-corrected chi connectivity index (χ3v) is 5.24. The summed E-state index contributed by atoms with van der Waals surface area (Å²) < 4.78 is 5.97. The molecule has 0 bridgehead atoms. The maximum Gasteiger partial charge on any atom is 0.177 e. The van der Waals surface area contributed by atoms with Crippen molar-refractivity contribution in [3.05, 3.63) is 69.8 Å². The number of hydrogen-bond donors (Lipinski definition) is 3. The van der Waals surface area contributed by atoms with Crippen LogP contribution in [0.5, 0.6) is 23.0 Å². The molecule has 0 radical (unpaired) electrons. The van der Waals surface area contributed by atoms with Gasteiger partial charge < -0.3 is 20.1 Å². The first-order valence-corrected chi connectivity index (χ1v) is 10.0. The predicted molar refractivity (Wildman–Crippen MR) is 117 cm³/mol. The number of ketones is 1. The van der Waals surface area contributed by atoms with E-state index in [9.17, 15) is 20.1 Å². The maximum atomic E-state index is 13.4. The van der Waals surface area contributed by atoms with Crippen LogP contribution in [0.25, 0.3) is 0 Å². The zero-order valence-electron chi connectivity index (χ0n) is 17.8. The number of phenolic OH excluding ortho intramolecular Hbond substituents is 3. The summed E-state index contributed by atoms with van der Waals surface area (Å²) in [5, 5.41) is 30.7. The van der Waals surface area contributed by atoms with Gasteiger partial charge in [-0.05, 0) is 58.2 Å². The average Bonchev–Trinajstić information content (AvgIpc) is 2.67. The van der Waals surface area contributed by atoms with Gasteiger partial charge in [-0.3, -0.25) is 4.79 Å². The number of carbonyl (C=O) groups excluding carboxylic acids is 1. The van der Waals surface area contributed by atoms with E-state index in [0.29, 0.717) is 40.8 Å². The molecule has 0 fully saturated rings. The Morgan fingerprint density at radius 3 is 2.33 bits per heavy atom. The highest BCUT2D eigenvalue weighted by molar-refractivity contribution is 6.05. The van der Waals surface area contributed by atoms with Gasteiger partial charge in [-0.25, -0.2) is 0 Å². The van der Waals surface area contributed by atoms with Crippen molar-refractivity contribution in [1.82, 2.24) is 0 Å². The molecule has 2 aromatic carbocycles. The summed E-state index contributed by atoms with van der Waals surface area (Å²) in [6, 6.07) is 5.89. The molecule has 158 valence electrons. The molecular weight excluding hydrogens is 380 g/mol. The van der Waals surface area contributed by atoms with Crippen LogP contribution in [0.4, 0.5) is 0 Å². The van der Waals surface area contributed by atoms with E-state index in [4.69, 9.17) is 4.74 Å². The molecule has 1 unspecified atom stereocenters. The normalized spacial score (nSPS) is 15.2. The van der Waals surface area contributed by atoms with Crippen LogP contribution in [0.1, 0.15) is 60.7 Å². The van der Waals surface area contributed by atoms with Crippen molar-refractivity contribution < 1.29 is 24.9 Å². The first-order valence-electron chi connectivity index (χ1n) is 10.0. The lowest BCUT2D eigenvalue weighted by molar-refractivity contribution is 0.0892. The van der Waals surface area contributed by atoms with Gasteiger partial charge in [0.15, 0.2) is 5.78 Å². The molecule has 5 nitrogen and oxygen atoms in total. The van der Waals surface area contributed by atoms with Gasteiger partial charge in [-0.1, -0.05) is 29.4 Å². The van der Waals surface area contributed by atoms with Crippen LogP contribution >= 0.6 is 0 Å². The number of phenols is 3. The van der Waals surface area contributed by atoms with Gasteiger partial charge >= 0.3 is 0 Å². The van der Waals surface area contributed by atoms with E-state index in [1.54, 1.807) is 6.07 Å². The molecule has 0 aromatic heterocycles. The van der Waals surface area contributed by atoms with Crippen molar-refractivity contribution >= 4 is 5.78 Å². The molecular formula is C25H28O5. The van der Waals surface area contributed by atoms with E-state index in [-0.39, 0.29) is 29.6 Å². The van der Waals surface area contributed by atoms with Crippen LogP contribution in [0.15, 0.2) is 47.6 Å². The molecule has 3 rings (SSSR count). The van der Waals surface area contributed by atoms with E-state index in [0.717, 1.165) is 11.1 Å². The minimum atomic E-state index is -0.685. The van der Waals surface area contributed by atoms with Crippen molar-refractivity contribution in [2.75, 3.05) is 6.61 Å². The summed E-state index contributed by atoms with van der Waals surface area (Å²) in [7, 11) is 0. The van der Waals surface area contributed by atoms with Gasteiger partial charge in [-0.15, -0.1) is 0 Å². The second-order valence-corrected chi connectivity index (χ2v) is 8.18. The Labute approximate surface area is 177 Å². The average molecular weight is 408 g/mol. The van der Waals surface area contributed by atoms with Gasteiger partial charge in [0.1, 0.15) is 29.6 Å². The van der Waals surface area contributed by atoms with E-state index in [1.165, 1.54) is 18.2 Å². The number of benzene rings is 2.